The second-order valence-electron chi connectivity index (χ2n) is 5.84. The molecule has 0 N–H and O–H groups in total. The topological polar surface area (TPSA) is 78.4 Å². The minimum Gasteiger partial charge on any atom is -0.462 e. The molecule has 0 aliphatic rings. The molecule has 2 heterocycles. The molecule has 0 radical (unpaired) electrons. The molecule has 2 aromatic heterocycles. The van der Waals surface area contributed by atoms with Crippen molar-refractivity contribution in [1.29, 1.82) is 0 Å². The molecule has 2 rings (SSSR count). The minimum absolute atomic E-state index is 0. The number of esters is 2. The molecule has 144 valence electrons. The van der Waals surface area contributed by atoms with Crippen molar-refractivity contribution in [3.63, 3.8) is 0 Å². The molecule has 0 unspecified atom stereocenters. The van der Waals surface area contributed by atoms with Crippen LogP contribution in [0.2, 0.25) is 0 Å². The van der Waals surface area contributed by atoms with Crippen molar-refractivity contribution >= 4 is 11.9 Å². The van der Waals surface area contributed by atoms with Crippen LogP contribution in [0.1, 0.15) is 60.2 Å². The van der Waals surface area contributed by atoms with Crippen LogP contribution in [0.15, 0.2) is 36.7 Å². The van der Waals surface area contributed by atoms with E-state index in [0.29, 0.717) is 35.7 Å². The van der Waals surface area contributed by atoms with Crippen molar-refractivity contribution in [1.82, 2.24) is 9.97 Å². The number of rotatable bonds is 9. The van der Waals surface area contributed by atoms with Crippen molar-refractivity contribution < 1.29 is 38.5 Å². The van der Waals surface area contributed by atoms with Crippen LogP contribution in [-0.2, 0) is 29.0 Å². The van der Waals surface area contributed by atoms with Gasteiger partial charge in [0.25, 0.3) is 0 Å². The van der Waals surface area contributed by atoms with E-state index in [4.69, 9.17) is 9.47 Å². The Morgan fingerprint density at radius 3 is 1.59 bits per heavy atom. The summed E-state index contributed by atoms with van der Waals surface area (Å²) in [7, 11) is 0. The van der Waals surface area contributed by atoms with Crippen molar-refractivity contribution in [2.75, 3.05) is 13.2 Å². The number of carbonyl (C=O) groups excluding carboxylic acids is 2. The Kier molecular flexibility index (Phi) is 10.4. The van der Waals surface area contributed by atoms with Crippen molar-refractivity contribution in [3.05, 3.63) is 47.8 Å². The molecule has 27 heavy (non-hydrogen) atoms. The summed E-state index contributed by atoms with van der Waals surface area (Å²) < 4.78 is 10.4. The molecule has 0 saturated heterocycles. The van der Waals surface area contributed by atoms with Gasteiger partial charge in [-0.1, -0.05) is 26.7 Å². The van der Waals surface area contributed by atoms with Gasteiger partial charge in [0.2, 0.25) is 0 Å². The first kappa shape index (κ1) is 22.9. The van der Waals surface area contributed by atoms with Crippen LogP contribution in [0, 0.1) is 0 Å². The van der Waals surface area contributed by atoms with E-state index in [1.54, 1.807) is 24.3 Å². The Bertz CT molecular complexity index is 689. The second-order valence-corrected chi connectivity index (χ2v) is 5.84. The van der Waals surface area contributed by atoms with Gasteiger partial charge in [0.1, 0.15) is 0 Å². The summed E-state index contributed by atoms with van der Waals surface area (Å²) in [5.41, 5.74) is 1.81. The number of hydrogen-bond acceptors (Lipinski definition) is 6. The molecular formula is C20H24N2O4Ru+2. The minimum atomic E-state index is -0.391. The van der Waals surface area contributed by atoms with Gasteiger partial charge >= 0.3 is 31.4 Å². The summed E-state index contributed by atoms with van der Waals surface area (Å²) in [6, 6.07) is 6.42. The molecule has 2 aromatic rings. The molecule has 0 saturated carbocycles. The average Bonchev–Trinajstić information content (AvgIpc) is 2.68. The zero-order chi connectivity index (χ0) is 18.8. The first-order valence-electron chi connectivity index (χ1n) is 8.92. The molecule has 7 heteroatoms. The van der Waals surface area contributed by atoms with Gasteiger partial charge in [0.05, 0.1) is 35.7 Å². The first-order valence-corrected chi connectivity index (χ1v) is 8.92. The summed E-state index contributed by atoms with van der Waals surface area (Å²) in [6.45, 7) is 4.85. The molecule has 0 amide bonds. The number of pyridine rings is 2. The number of ether oxygens (including phenoxy) is 2. The molecular weight excluding hydrogens is 433 g/mol. The maximum Gasteiger partial charge on any atom is 2.00 e. The van der Waals surface area contributed by atoms with E-state index in [9.17, 15) is 9.59 Å². The van der Waals surface area contributed by atoms with Crippen molar-refractivity contribution in [2.24, 2.45) is 0 Å². The van der Waals surface area contributed by atoms with E-state index in [0.717, 1.165) is 25.7 Å². The van der Waals surface area contributed by atoms with Crippen LogP contribution in [0.3, 0.4) is 0 Å². The van der Waals surface area contributed by atoms with Gasteiger partial charge in [-0.15, -0.1) is 0 Å². The second kappa shape index (κ2) is 12.3. The Balaban J connectivity index is 0.00000364. The van der Waals surface area contributed by atoms with E-state index in [1.165, 1.54) is 12.4 Å². The summed E-state index contributed by atoms with van der Waals surface area (Å²) in [5, 5.41) is 0. The fourth-order valence-electron chi connectivity index (χ4n) is 2.18. The molecule has 0 aliphatic carbocycles. The zero-order valence-electron chi connectivity index (χ0n) is 15.6. The van der Waals surface area contributed by atoms with Gasteiger partial charge in [-0.3, -0.25) is 9.97 Å². The Hall–Kier alpha value is -2.14. The van der Waals surface area contributed by atoms with E-state index >= 15 is 0 Å². The van der Waals surface area contributed by atoms with Gasteiger partial charge < -0.3 is 9.47 Å². The van der Waals surface area contributed by atoms with Gasteiger partial charge in [0.15, 0.2) is 0 Å². The molecule has 0 bridgehead atoms. The molecule has 0 spiro atoms. The van der Waals surface area contributed by atoms with E-state index < -0.39 is 11.9 Å². The number of nitrogens with zero attached hydrogens (tertiary/aromatic N) is 2. The molecule has 0 aliphatic heterocycles. The largest absolute Gasteiger partial charge is 2.00 e. The van der Waals surface area contributed by atoms with Gasteiger partial charge in [-0.05, 0) is 37.1 Å². The number of carbonyl (C=O) groups is 2. The van der Waals surface area contributed by atoms with E-state index in [-0.39, 0.29) is 19.5 Å². The smallest absolute Gasteiger partial charge is 0.462 e. The van der Waals surface area contributed by atoms with Crippen LogP contribution < -0.4 is 0 Å². The van der Waals surface area contributed by atoms with Crippen LogP contribution in [-0.4, -0.2) is 35.1 Å². The third-order valence-corrected chi connectivity index (χ3v) is 3.72. The standard InChI is InChI=1S/C20H24N2O4.Ru/c1-3-5-11-25-19(23)15-7-9-21-17(13-15)18-14-16(8-10-22-18)20(24)26-12-6-4-2;/h7-10,13-14H,3-6,11-12H2,1-2H3;/q;+2. The van der Waals surface area contributed by atoms with E-state index in [2.05, 4.69) is 9.97 Å². The normalized spacial score (nSPS) is 10.0. The molecule has 6 nitrogen and oxygen atoms in total. The van der Waals surface area contributed by atoms with Gasteiger partial charge in [-0.25, -0.2) is 9.59 Å². The molecule has 0 fully saturated rings. The Labute approximate surface area is 172 Å². The molecule has 0 aromatic carbocycles. The van der Waals surface area contributed by atoms with E-state index in [1.807, 2.05) is 13.8 Å². The molecule has 0 atom stereocenters. The number of hydrogen-bond donors (Lipinski definition) is 0. The predicted molar refractivity (Wildman–Crippen MR) is 97.8 cm³/mol. The SMILES string of the molecule is CCCCOC(=O)c1ccnc(-c2cc(C(=O)OCCCC)ccn2)c1.[Ru+2]. The van der Waals surface area contributed by atoms with Crippen LogP contribution >= 0.6 is 0 Å². The Morgan fingerprint density at radius 1 is 0.815 bits per heavy atom. The number of aromatic nitrogens is 2. The first-order chi connectivity index (χ1) is 12.7. The van der Waals surface area contributed by atoms with Gasteiger partial charge in [0, 0.05) is 12.4 Å². The fraction of sp³-hybridized carbons (Fsp3) is 0.400. The number of unbranched alkanes of at least 4 members (excludes halogenated alkanes) is 2. The third-order valence-electron chi connectivity index (χ3n) is 3.72. The summed E-state index contributed by atoms with van der Waals surface area (Å²) in [4.78, 5) is 32.6. The van der Waals surface area contributed by atoms with Crippen LogP contribution in [0.5, 0.6) is 0 Å². The zero-order valence-corrected chi connectivity index (χ0v) is 17.3. The monoisotopic (exact) mass is 458 g/mol. The third kappa shape index (κ3) is 7.18. The Morgan fingerprint density at radius 2 is 1.22 bits per heavy atom. The summed E-state index contributed by atoms with van der Waals surface area (Å²) in [6.07, 6.45) is 6.63. The quantitative estimate of drug-likeness (QED) is 0.321. The summed E-state index contributed by atoms with van der Waals surface area (Å²) in [5.74, 6) is -0.783. The average molecular weight is 457 g/mol. The maximum absolute atomic E-state index is 12.1. The maximum atomic E-state index is 12.1. The van der Waals surface area contributed by atoms with Gasteiger partial charge in [-0.2, -0.15) is 0 Å². The predicted octanol–water partition coefficient (Wildman–Crippen LogP) is 4.05. The van der Waals surface area contributed by atoms with Crippen molar-refractivity contribution in [2.45, 2.75) is 39.5 Å². The summed E-state index contributed by atoms with van der Waals surface area (Å²) >= 11 is 0. The van der Waals surface area contributed by atoms with Crippen LogP contribution in [0.25, 0.3) is 11.4 Å². The van der Waals surface area contributed by atoms with Crippen LogP contribution in [0.4, 0.5) is 0 Å². The van der Waals surface area contributed by atoms with Crippen molar-refractivity contribution in [3.8, 4) is 11.4 Å². The fourth-order valence-corrected chi connectivity index (χ4v) is 2.18.